The molecule has 0 saturated heterocycles. The van der Waals surface area contributed by atoms with Crippen molar-refractivity contribution >= 4 is 43.5 Å². The first-order valence-corrected chi connectivity index (χ1v) is 7.56. The second-order valence-electron chi connectivity index (χ2n) is 4.47. The zero-order chi connectivity index (χ0) is 14.3. The Kier molecular flexibility index (Phi) is 3.31. The Labute approximate surface area is 128 Å². The largest absolute Gasteiger partial charge is 0.478 e. The van der Waals surface area contributed by atoms with Crippen LogP contribution in [-0.2, 0) is 0 Å². The van der Waals surface area contributed by atoms with Crippen molar-refractivity contribution in [1.29, 1.82) is 0 Å². The standard InChI is InChI=1S/C15H10BrNO2S/c1-8-2-4-10(16)7-11(8)14-17-12-5-3-9(15(18)19)6-13(12)20-14/h2-7H,1H3,(H,18,19). The molecule has 0 radical (unpaired) electrons. The molecule has 0 spiro atoms. The number of fused-ring (bicyclic) bond motifs is 1. The number of rotatable bonds is 2. The summed E-state index contributed by atoms with van der Waals surface area (Å²) in [6.07, 6.45) is 0. The molecule has 3 rings (SSSR count). The molecular formula is C15H10BrNO2S. The van der Waals surface area contributed by atoms with E-state index in [1.165, 1.54) is 11.3 Å². The summed E-state index contributed by atoms with van der Waals surface area (Å²) in [6, 6.07) is 11.1. The molecule has 3 aromatic rings. The van der Waals surface area contributed by atoms with Crippen molar-refractivity contribution in [3.05, 3.63) is 52.0 Å². The molecule has 1 N–H and O–H groups in total. The van der Waals surface area contributed by atoms with Gasteiger partial charge in [0.05, 0.1) is 15.8 Å². The van der Waals surface area contributed by atoms with Crippen molar-refractivity contribution in [2.75, 3.05) is 0 Å². The van der Waals surface area contributed by atoms with Crippen LogP contribution in [0.25, 0.3) is 20.8 Å². The highest BCUT2D eigenvalue weighted by Gasteiger charge is 2.11. The third kappa shape index (κ3) is 2.34. The van der Waals surface area contributed by atoms with Gasteiger partial charge in [0.2, 0.25) is 0 Å². The number of carboxylic acid groups (broad SMARTS) is 1. The number of benzene rings is 2. The van der Waals surface area contributed by atoms with Crippen LogP contribution in [0.1, 0.15) is 15.9 Å². The summed E-state index contributed by atoms with van der Waals surface area (Å²) < 4.78 is 1.89. The van der Waals surface area contributed by atoms with E-state index in [0.29, 0.717) is 5.56 Å². The van der Waals surface area contributed by atoms with E-state index >= 15 is 0 Å². The molecule has 0 saturated carbocycles. The molecule has 2 aromatic carbocycles. The summed E-state index contributed by atoms with van der Waals surface area (Å²) in [6.45, 7) is 2.04. The van der Waals surface area contributed by atoms with Crippen molar-refractivity contribution in [3.8, 4) is 10.6 Å². The average molecular weight is 348 g/mol. The van der Waals surface area contributed by atoms with E-state index in [1.54, 1.807) is 18.2 Å². The van der Waals surface area contributed by atoms with Gasteiger partial charge in [-0.05, 0) is 42.8 Å². The fraction of sp³-hybridized carbons (Fsp3) is 0.0667. The molecule has 1 heterocycles. The van der Waals surface area contributed by atoms with Crippen molar-refractivity contribution in [2.45, 2.75) is 6.92 Å². The minimum atomic E-state index is -0.916. The van der Waals surface area contributed by atoms with Crippen LogP contribution in [-0.4, -0.2) is 16.1 Å². The van der Waals surface area contributed by atoms with Crippen LogP contribution in [0, 0.1) is 6.92 Å². The van der Waals surface area contributed by atoms with E-state index < -0.39 is 5.97 Å². The number of hydrogen-bond acceptors (Lipinski definition) is 3. The lowest BCUT2D eigenvalue weighted by atomic mass is 10.1. The van der Waals surface area contributed by atoms with Gasteiger partial charge in [-0.15, -0.1) is 11.3 Å². The summed E-state index contributed by atoms with van der Waals surface area (Å²) in [5.41, 5.74) is 3.33. The predicted octanol–water partition coefficient (Wildman–Crippen LogP) is 4.73. The van der Waals surface area contributed by atoms with Gasteiger partial charge in [-0.25, -0.2) is 9.78 Å². The minimum Gasteiger partial charge on any atom is -0.478 e. The highest BCUT2D eigenvalue weighted by molar-refractivity contribution is 9.10. The minimum absolute atomic E-state index is 0.290. The van der Waals surface area contributed by atoms with Crippen molar-refractivity contribution in [2.24, 2.45) is 0 Å². The molecule has 0 aliphatic heterocycles. The Morgan fingerprint density at radius 3 is 2.80 bits per heavy atom. The van der Waals surface area contributed by atoms with E-state index in [-0.39, 0.29) is 0 Å². The summed E-state index contributed by atoms with van der Waals surface area (Å²) in [7, 11) is 0. The fourth-order valence-corrected chi connectivity index (χ4v) is 3.44. The number of halogens is 1. The Morgan fingerprint density at radius 1 is 1.25 bits per heavy atom. The number of aromatic carboxylic acids is 1. The van der Waals surface area contributed by atoms with Gasteiger partial charge < -0.3 is 5.11 Å². The lowest BCUT2D eigenvalue weighted by molar-refractivity contribution is 0.0697. The lowest BCUT2D eigenvalue weighted by Gasteiger charge is -2.02. The van der Waals surface area contributed by atoms with Crippen molar-refractivity contribution in [3.63, 3.8) is 0 Å². The van der Waals surface area contributed by atoms with E-state index in [2.05, 4.69) is 20.9 Å². The molecule has 3 nitrogen and oxygen atoms in total. The first-order valence-electron chi connectivity index (χ1n) is 5.95. The van der Waals surface area contributed by atoms with E-state index in [4.69, 9.17) is 5.11 Å². The highest BCUT2D eigenvalue weighted by atomic mass is 79.9. The van der Waals surface area contributed by atoms with Crippen LogP contribution in [0.3, 0.4) is 0 Å². The smallest absolute Gasteiger partial charge is 0.335 e. The monoisotopic (exact) mass is 347 g/mol. The topological polar surface area (TPSA) is 50.2 Å². The van der Waals surface area contributed by atoms with Crippen LogP contribution in [0.2, 0.25) is 0 Å². The average Bonchev–Trinajstić information content (AvgIpc) is 2.83. The summed E-state index contributed by atoms with van der Waals surface area (Å²) in [5.74, 6) is -0.916. The molecule has 0 amide bonds. The van der Waals surface area contributed by atoms with Crippen LogP contribution in [0.5, 0.6) is 0 Å². The number of carboxylic acids is 1. The first-order chi connectivity index (χ1) is 9.54. The second kappa shape index (κ2) is 5.00. The Hall–Kier alpha value is -1.72. The van der Waals surface area contributed by atoms with E-state index in [0.717, 1.165) is 30.8 Å². The highest BCUT2D eigenvalue weighted by Crippen LogP contribution is 2.33. The lowest BCUT2D eigenvalue weighted by Crippen LogP contribution is -1.94. The molecule has 1 aromatic heterocycles. The molecule has 0 atom stereocenters. The van der Waals surface area contributed by atoms with Crippen molar-refractivity contribution < 1.29 is 9.90 Å². The molecule has 20 heavy (non-hydrogen) atoms. The maximum atomic E-state index is 11.0. The van der Waals surface area contributed by atoms with Gasteiger partial charge in [0.25, 0.3) is 0 Å². The van der Waals surface area contributed by atoms with Crippen LogP contribution in [0.15, 0.2) is 40.9 Å². The fourth-order valence-electron chi connectivity index (χ4n) is 2.00. The van der Waals surface area contributed by atoms with Crippen LogP contribution >= 0.6 is 27.3 Å². The van der Waals surface area contributed by atoms with Gasteiger partial charge in [-0.2, -0.15) is 0 Å². The van der Waals surface area contributed by atoms with Gasteiger partial charge in [0.1, 0.15) is 5.01 Å². The quantitative estimate of drug-likeness (QED) is 0.728. The number of thiazole rings is 1. The molecule has 0 aliphatic rings. The summed E-state index contributed by atoms with van der Waals surface area (Å²) in [5, 5.41) is 9.93. The predicted molar refractivity (Wildman–Crippen MR) is 84.5 cm³/mol. The third-order valence-electron chi connectivity index (χ3n) is 3.07. The Morgan fingerprint density at radius 2 is 2.05 bits per heavy atom. The van der Waals surface area contributed by atoms with Crippen LogP contribution < -0.4 is 0 Å². The zero-order valence-electron chi connectivity index (χ0n) is 10.6. The molecule has 0 unspecified atom stereocenters. The van der Waals surface area contributed by atoms with E-state index in [9.17, 15) is 4.79 Å². The molecule has 0 bridgehead atoms. The zero-order valence-corrected chi connectivity index (χ0v) is 13.0. The first kappa shape index (κ1) is 13.3. The molecule has 5 heteroatoms. The number of aromatic nitrogens is 1. The number of carbonyl (C=O) groups is 1. The summed E-state index contributed by atoms with van der Waals surface area (Å²) in [4.78, 5) is 15.6. The maximum Gasteiger partial charge on any atom is 0.335 e. The molecule has 0 aliphatic carbocycles. The Bertz CT molecular complexity index is 826. The van der Waals surface area contributed by atoms with Gasteiger partial charge in [0, 0.05) is 10.0 Å². The van der Waals surface area contributed by atoms with Gasteiger partial charge in [-0.1, -0.05) is 22.0 Å². The number of nitrogens with zero attached hydrogens (tertiary/aromatic N) is 1. The molecule has 0 fully saturated rings. The molecule has 100 valence electrons. The van der Waals surface area contributed by atoms with Gasteiger partial charge in [-0.3, -0.25) is 0 Å². The van der Waals surface area contributed by atoms with Crippen molar-refractivity contribution in [1.82, 2.24) is 4.98 Å². The molecular weight excluding hydrogens is 338 g/mol. The third-order valence-corrected chi connectivity index (χ3v) is 4.61. The van der Waals surface area contributed by atoms with Gasteiger partial charge >= 0.3 is 5.97 Å². The number of hydrogen-bond donors (Lipinski definition) is 1. The number of aryl methyl sites for hydroxylation is 1. The van der Waals surface area contributed by atoms with Gasteiger partial charge in [0.15, 0.2) is 0 Å². The maximum absolute atomic E-state index is 11.0. The SMILES string of the molecule is Cc1ccc(Br)cc1-c1nc2ccc(C(=O)O)cc2s1. The van der Waals surface area contributed by atoms with E-state index in [1.807, 2.05) is 25.1 Å². The second-order valence-corrected chi connectivity index (χ2v) is 6.41. The summed E-state index contributed by atoms with van der Waals surface area (Å²) >= 11 is 4.98. The normalized spacial score (nSPS) is 10.9. The van der Waals surface area contributed by atoms with Crippen LogP contribution in [0.4, 0.5) is 0 Å². The Balaban J connectivity index is 2.17.